The van der Waals surface area contributed by atoms with Gasteiger partial charge in [-0.1, -0.05) is 6.07 Å². The molecule has 5 nitrogen and oxygen atoms in total. The van der Waals surface area contributed by atoms with Crippen LogP contribution in [0, 0.1) is 5.92 Å². The van der Waals surface area contributed by atoms with Gasteiger partial charge in [-0.3, -0.25) is 9.98 Å². The molecule has 0 bridgehead atoms. The number of methoxy groups -OCH3 is 1. The van der Waals surface area contributed by atoms with E-state index in [4.69, 9.17) is 4.74 Å². The molecule has 1 aromatic heterocycles. The van der Waals surface area contributed by atoms with Crippen LogP contribution in [0.5, 0.6) is 0 Å². The first-order valence-corrected chi connectivity index (χ1v) is 6.68. The van der Waals surface area contributed by atoms with Crippen LogP contribution in [0.3, 0.4) is 0 Å². The summed E-state index contributed by atoms with van der Waals surface area (Å²) in [6, 6.07) is 5.93. The first-order valence-electron chi connectivity index (χ1n) is 6.68. The van der Waals surface area contributed by atoms with Crippen molar-refractivity contribution >= 4 is 5.96 Å². The summed E-state index contributed by atoms with van der Waals surface area (Å²) >= 11 is 0. The first-order chi connectivity index (χ1) is 9.33. The molecule has 5 heteroatoms. The summed E-state index contributed by atoms with van der Waals surface area (Å²) in [5.41, 5.74) is 1.02. The standard InChI is InChI=1S/C14H22N4O/c1-15-14(17-9-13-5-3-4-7-16-13)18-8-6-12(10-18)11-19-2/h3-5,7,12H,6,8-11H2,1-2H3,(H,15,17). The largest absolute Gasteiger partial charge is 0.384 e. The van der Waals surface area contributed by atoms with Crippen molar-refractivity contribution in [2.45, 2.75) is 13.0 Å². The van der Waals surface area contributed by atoms with Crippen LogP contribution in [0.2, 0.25) is 0 Å². The van der Waals surface area contributed by atoms with Crippen LogP contribution in [0.1, 0.15) is 12.1 Å². The summed E-state index contributed by atoms with van der Waals surface area (Å²) in [5.74, 6) is 1.56. The normalized spacial score (nSPS) is 19.8. The monoisotopic (exact) mass is 262 g/mol. The molecule has 1 fully saturated rings. The second-order valence-corrected chi connectivity index (χ2v) is 4.78. The number of aromatic nitrogens is 1. The minimum absolute atomic E-state index is 0.610. The first kappa shape index (κ1) is 13.8. The van der Waals surface area contributed by atoms with Crippen molar-refractivity contribution in [3.05, 3.63) is 30.1 Å². The van der Waals surface area contributed by atoms with Gasteiger partial charge in [-0.05, 0) is 18.6 Å². The predicted molar refractivity (Wildman–Crippen MR) is 76.0 cm³/mol. The van der Waals surface area contributed by atoms with Crippen molar-refractivity contribution in [2.24, 2.45) is 10.9 Å². The van der Waals surface area contributed by atoms with Crippen molar-refractivity contribution in [3.63, 3.8) is 0 Å². The summed E-state index contributed by atoms with van der Waals surface area (Å²) in [4.78, 5) is 10.9. The summed E-state index contributed by atoms with van der Waals surface area (Å²) in [5, 5.41) is 3.36. The molecule has 2 rings (SSSR count). The number of pyridine rings is 1. The van der Waals surface area contributed by atoms with Crippen molar-refractivity contribution in [2.75, 3.05) is 33.9 Å². The van der Waals surface area contributed by atoms with Gasteiger partial charge < -0.3 is 15.0 Å². The summed E-state index contributed by atoms with van der Waals surface area (Å²) in [6.07, 6.45) is 2.97. The Hall–Kier alpha value is -1.62. The van der Waals surface area contributed by atoms with Gasteiger partial charge in [-0.25, -0.2) is 0 Å². The quantitative estimate of drug-likeness (QED) is 0.653. The Morgan fingerprint density at radius 3 is 3.16 bits per heavy atom. The number of ether oxygens (including phenoxy) is 1. The van der Waals surface area contributed by atoms with E-state index >= 15 is 0 Å². The number of rotatable bonds is 4. The van der Waals surface area contributed by atoms with E-state index in [0.717, 1.165) is 37.8 Å². The third-order valence-electron chi connectivity index (χ3n) is 3.35. The number of hydrogen-bond donors (Lipinski definition) is 1. The molecule has 19 heavy (non-hydrogen) atoms. The van der Waals surface area contributed by atoms with Gasteiger partial charge in [0, 0.05) is 39.4 Å². The SMILES string of the molecule is CN=C(NCc1ccccn1)N1CCC(COC)C1. The van der Waals surface area contributed by atoms with Crippen LogP contribution in [0.15, 0.2) is 29.4 Å². The van der Waals surface area contributed by atoms with Crippen molar-refractivity contribution < 1.29 is 4.74 Å². The molecule has 0 aliphatic carbocycles. The van der Waals surface area contributed by atoms with Gasteiger partial charge in [0.2, 0.25) is 0 Å². The zero-order valence-electron chi connectivity index (χ0n) is 11.7. The van der Waals surface area contributed by atoms with Crippen LogP contribution >= 0.6 is 0 Å². The van der Waals surface area contributed by atoms with E-state index in [1.807, 2.05) is 31.4 Å². The van der Waals surface area contributed by atoms with Crippen LogP contribution in [-0.2, 0) is 11.3 Å². The highest BCUT2D eigenvalue weighted by Crippen LogP contribution is 2.16. The molecule has 0 aromatic carbocycles. The summed E-state index contributed by atoms with van der Waals surface area (Å²) in [7, 11) is 3.58. The molecule has 104 valence electrons. The number of aliphatic imine (C=N–C) groups is 1. The highest BCUT2D eigenvalue weighted by Gasteiger charge is 2.24. The van der Waals surface area contributed by atoms with Gasteiger partial charge in [-0.15, -0.1) is 0 Å². The molecule has 1 aliphatic rings. The lowest BCUT2D eigenvalue weighted by Gasteiger charge is -2.21. The zero-order chi connectivity index (χ0) is 13.5. The van der Waals surface area contributed by atoms with Crippen molar-refractivity contribution in [1.29, 1.82) is 0 Å². The average Bonchev–Trinajstić information content (AvgIpc) is 2.90. The van der Waals surface area contributed by atoms with E-state index < -0.39 is 0 Å². The van der Waals surface area contributed by atoms with Crippen LogP contribution in [0.25, 0.3) is 0 Å². The molecule has 1 unspecified atom stereocenters. The fourth-order valence-electron chi connectivity index (χ4n) is 2.40. The second-order valence-electron chi connectivity index (χ2n) is 4.78. The topological polar surface area (TPSA) is 49.8 Å². The van der Waals surface area contributed by atoms with E-state index in [2.05, 4.69) is 20.2 Å². The number of hydrogen-bond acceptors (Lipinski definition) is 3. The molecule has 1 atom stereocenters. The van der Waals surface area contributed by atoms with E-state index in [0.29, 0.717) is 12.5 Å². The molecule has 0 radical (unpaired) electrons. The number of nitrogens with one attached hydrogen (secondary N) is 1. The molecule has 1 aromatic rings. The lowest BCUT2D eigenvalue weighted by atomic mass is 10.1. The zero-order valence-corrected chi connectivity index (χ0v) is 11.7. The van der Waals surface area contributed by atoms with Gasteiger partial charge in [0.1, 0.15) is 0 Å². The van der Waals surface area contributed by atoms with Crippen molar-refractivity contribution in [1.82, 2.24) is 15.2 Å². The third-order valence-corrected chi connectivity index (χ3v) is 3.35. The highest BCUT2D eigenvalue weighted by atomic mass is 16.5. The van der Waals surface area contributed by atoms with Crippen molar-refractivity contribution in [3.8, 4) is 0 Å². The Bertz CT molecular complexity index is 407. The Labute approximate surface area is 114 Å². The molecule has 1 N–H and O–H groups in total. The van der Waals surface area contributed by atoms with Gasteiger partial charge in [-0.2, -0.15) is 0 Å². The lowest BCUT2D eigenvalue weighted by Crippen LogP contribution is -2.40. The van der Waals surface area contributed by atoms with Crippen LogP contribution in [0.4, 0.5) is 0 Å². The predicted octanol–water partition coefficient (Wildman–Crippen LogP) is 1.13. The molecule has 0 saturated carbocycles. The van der Waals surface area contributed by atoms with E-state index in [9.17, 15) is 0 Å². The molecular formula is C14H22N4O. The maximum absolute atomic E-state index is 5.22. The second kappa shape index (κ2) is 7.09. The average molecular weight is 262 g/mol. The van der Waals surface area contributed by atoms with Crippen LogP contribution < -0.4 is 5.32 Å². The van der Waals surface area contributed by atoms with Gasteiger partial charge in [0.05, 0.1) is 18.8 Å². The highest BCUT2D eigenvalue weighted by molar-refractivity contribution is 5.80. The lowest BCUT2D eigenvalue weighted by molar-refractivity contribution is 0.157. The Morgan fingerprint density at radius 2 is 2.47 bits per heavy atom. The third kappa shape index (κ3) is 3.92. The minimum atomic E-state index is 0.610. The fraction of sp³-hybridized carbons (Fsp3) is 0.571. The Balaban J connectivity index is 1.84. The van der Waals surface area contributed by atoms with E-state index in [-0.39, 0.29) is 0 Å². The fourth-order valence-corrected chi connectivity index (χ4v) is 2.40. The molecule has 1 aliphatic heterocycles. The van der Waals surface area contributed by atoms with E-state index in [1.54, 1.807) is 7.11 Å². The van der Waals surface area contributed by atoms with Crippen LogP contribution in [-0.4, -0.2) is 49.7 Å². The van der Waals surface area contributed by atoms with Gasteiger partial charge in [0.25, 0.3) is 0 Å². The maximum Gasteiger partial charge on any atom is 0.193 e. The minimum Gasteiger partial charge on any atom is -0.384 e. The summed E-state index contributed by atoms with van der Waals surface area (Å²) < 4.78 is 5.22. The van der Waals surface area contributed by atoms with Gasteiger partial charge in [0.15, 0.2) is 5.96 Å². The summed E-state index contributed by atoms with van der Waals surface area (Å²) in [6.45, 7) is 3.58. The van der Waals surface area contributed by atoms with Gasteiger partial charge >= 0.3 is 0 Å². The molecule has 0 spiro atoms. The molecule has 0 amide bonds. The molecular weight excluding hydrogens is 240 g/mol. The molecule has 1 saturated heterocycles. The number of nitrogens with zero attached hydrogens (tertiary/aromatic N) is 3. The Kier molecular flexibility index (Phi) is 5.15. The number of guanidine groups is 1. The van der Waals surface area contributed by atoms with E-state index in [1.165, 1.54) is 0 Å². The maximum atomic E-state index is 5.22. The smallest absolute Gasteiger partial charge is 0.193 e. The number of likely N-dealkylation sites (tertiary alicyclic amines) is 1. The molecule has 2 heterocycles. The Morgan fingerprint density at radius 1 is 1.58 bits per heavy atom.